The highest BCUT2D eigenvalue weighted by molar-refractivity contribution is 7.98. The standard InChI is InChI=1S/C9H12N2S/c1-9(2)5-3-7-8(4-6-9)12-11-10-7/h3-8H,1-2H3. The Morgan fingerprint density at radius 3 is 2.83 bits per heavy atom. The fourth-order valence-electron chi connectivity index (χ4n) is 1.31. The lowest BCUT2D eigenvalue weighted by molar-refractivity contribution is 0.626. The van der Waals surface area contributed by atoms with Crippen LogP contribution < -0.4 is 0 Å². The highest BCUT2D eigenvalue weighted by atomic mass is 32.2. The third-order valence-electron chi connectivity index (χ3n) is 2.12. The van der Waals surface area contributed by atoms with E-state index in [1.165, 1.54) is 0 Å². The van der Waals surface area contributed by atoms with Crippen LogP contribution >= 0.6 is 11.9 Å². The first-order valence-corrected chi connectivity index (χ1v) is 4.96. The minimum Gasteiger partial charge on any atom is -0.173 e. The van der Waals surface area contributed by atoms with Gasteiger partial charge >= 0.3 is 0 Å². The summed E-state index contributed by atoms with van der Waals surface area (Å²) >= 11 is 1.56. The predicted octanol–water partition coefficient (Wildman–Crippen LogP) is 2.99. The molecule has 2 atom stereocenters. The van der Waals surface area contributed by atoms with Crippen LogP contribution in [0.5, 0.6) is 0 Å². The van der Waals surface area contributed by atoms with Crippen LogP contribution in [0.1, 0.15) is 13.8 Å². The van der Waals surface area contributed by atoms with Crippen molar-refractivity contribution in [3.05, 3.63) is 24.3 Å². The molecule has 0 saturated heterocycles. The maximum absolute atomic E-state index is 4.13. The van der Waals surface area contributed by atoms with Gasteiger partial charge in [0.2, 0.25) is 0 Å². The van der Waals surface area contributed by atoms with E-state index < -0.39 is 0 Å². The quantitative estimate of drug-likeness (QED) is 0.415. The molecular formula is C9H12N2S. The van der Waals surface area contributed by atoms with Crippen molar-refractivity contribution in [2.24, 2.45) is 15.0 Å². The summed E-state index contributed by atoms with van der Waals surface area (Å²) in [4.78, 5) is 0. The van der Waals surface area contributed by atoms with E-state index in [-0.39, 0.29) is 11.5 Å². The Bertz CT molecular complexity index is 266. The number of hydrogen-bond acceptors (Lipinski definition) is 3. The topological polar surface area (TPSA) is 24.7 Å². The Morgan fingerprint density at radius 2 is 2.00 bits per heavy atom. The molecule has 0 aromatic heterocycles. The molecule has 2 rings (SSSR count). The summed E-state index contributed by atoms with van der Waals surface area (Å²) < 4.78 is 3.96. The molecule has 1 aliphatic carbocycles. The van der Waals surface area contributed by atoms with E-state index in [2.05, 4.69) is 47.8 Å². The molecule has 0 aromatic carbocycles. The van der Waals surface area contributed by atoms with E-state index in [9.17, 15) is 0 Å². The van der Waals surface area contributed by atoms with Crippen molar-refractivity contribution in [1.29, 1.82) is 0 Å². The second kappa shape index (κ2) is 2.73. The van der Waals surface area contributed by atoms with Gasteiger partial charge in [-0.05, 0) is 0 Å². The molecule has 0 spiro atoms. The van der Waals surface area contributed by atoms with Crippen LogP contribution in [-0.2, 0) is 0 Å². The average molecular weight is 180 g/mol. The molecule has 64 valence electrons. The molecular weight excluding hydrogens is 168 g/mol. The Labute approximate surface area is 77.0 Å². The molecule has 0 fully saturated rings. The molecule has 0 radical (unpaired) electrons. The smallest absolute Gasteiger partial charge is 0.107 e. The molecule has 2 aliphatic rings. The molecule has 0 aromatic rings. The number of allylic oxidation sites excluding steroid dienone is 2. The molecule has 3 heteroatoms. The first-order valence-electron chi connectivity index (χ1n) is 4.12. The first-order chi connectivity index (χ1) is 5.67. The van der Waals surface area contributed by atoms with Gasteiger partial charge in [-0.1, -0.05) is 38.2 Å². The second-order valence-corrected chi connectivity index (χ2v) is 4.72. The third-order valence-corrected chi connectivity index (χ3v) is 2.99. The molecule has 1 aliphatic heterocycles. The third kappa shape index (κ3) is 1.46. The van der Waals surface area contributed by atoms with E-state index >= 15 is 0 Å². The fourth-order valence-corrected chi connectivity index (χ4v) is 2.00. The van der Waals surface area contributed by atoms with Gasteiger partial charge in [0, 0.05) is 17.4 Å². The van der Waals surface area contributed by atoms with Crippen molar-refractivity contribution >= 4 is 11.9 Å². The maximum Gasteiger partial charge on any atom is 0.107 e. The molecule has 2 unspecified atom stereocenters. The van der Waals surface area contributed by atoms with E-state index in [0.29, 0.717) is 5.25 Å². The lowest BCUT2D eigenvalue weighted by Crippen LogP contribution is -2.10. The van der Waals surface area contributed by atoms with E-state index in [0.717, 1.165) is 0 Å². The minimum atomic E-state index is 0.181. The second-order valence-electron chi connectivity index (χ2n) is 3.80. The summed E-state index contributed by atoms with van der Waals surface area (Å²) in [5.41, 5.74) is 0.181. The molecule has 0 bridgehead atoms. The van der Waals surface area contributed by atoms with Crippen molar-refractivity contribution in [2.75, 3.05) is 0 Å². The molecule has 0 amide bonds. The number of hydrogen-bond donors (Lipinski definition) is 0. The molecule has 2 nitrogen and oxygen atoms in total. The van der Waals surface area contributed by atoms with Crippen molar-refractivity contribution in [3.8, 4) is 0 Å². The van der Waals surface area contributed by atoms with Crippen LogP contribution in [0.4, 0.5) is 0 Å². The van der Waals surface area contributed by atoms with Gasteiger partial charge in [0.1, 0.15) is 6.04 Å². The zero-order valence-electron chi connectivity index (χ0n) is 7.27. The Kier molecular flexibility index (Phi) is 1.83. The number of rotatable bonds is 0. The van der Waals surface area contributed by atoms with Gasteiger partial charge < -0.3 is 0 Å². The largest absolute Gasteiger partial charge is 0.173 e. The lowest BCUT2D eigenvalue weighted by atomic mass is 9.93. The molecule has 0 saturated carbocycles. The van der Waals surface area contributed by atoms with Crippen molar-refractivity contribution in [2.45, 2.75) is 25.1 Å². The zero-order chi connectivity index (χ0) is 8.60. The molecule has 12 heavy (non-hydrogen) atoms. The van der Waals surface area contributed by atoms with Gasteiger partial charge in [-0.15, -0.1) is 4.52 Å². The van der Waals surface area contributed by atoms with E-state index in [1.807, 2.05) is 0 Å². The first kappa shape index (κ1) is 8.05. The maximum atomic E-state index is 4.13. The van der Waals surface area contributed by atoms with E-state index in [4.69, 9.17) is 0 Å². The van der Waals surface area contributed by atoms with Gasteiger partial charge in [-0.25, -0.2) is 0 Å². The summed E-state index contributed by atoms with van der Waals surface area (Å²) in [7, 11) is 0. The SMILES string of the molecule is CC1(C)C=CC2N=NSC2C=C1. The van der Waals surface area contributed by atoms with Crippen LogP contribution in [-0.4, -0.2) is 11.3 Å². The number of nitrogens with zero attached hydrogens (tertiary/aromatic N) is 2. The van der Waals surface area contributed by atoms with Crippen molar-refractivity contribution < 1.29 is 0 Å². The Morgan fingerprint density at radius 1 is 1.25 bits per heavy atom. The average Bonchev–Trinajstić information content (AvgIpc) is 2.40. The normalized spacial score (nSPS) is 36.5. The molecule has 1 heterocycles. The Hall–Kier alpha value is -0.570. The minimum absolute atomic E-state index is 0.181. The number of fused-ring (bicyclic) bond motifs is 1. The fraction of sp³-hybridized carbons (Fsp3) is 0.556. The van der Waals surface area contributed by atoms with Crippen molar-refractivity contribution in [1.82, 2.24) is 0 Å². The summed E-state index contributed by atoms with van der Waals surface area (Å²) in [6.07, 6.45) is 8.82. The highest BCUT2D eigenvalue weighted by Gasteiger charge is 2.26. The summed E-state index contributed by atoms with van der Waals surface area (Å²) in [6, 6.07) is 0.271. The molecule has 0 N–H and O–H groups in total. The van der Waals surface area contributed by atoms with Crippen LogP contribution in [0.2, 0.25) is 0 Å². The van der Waals surface area contributed by atoms with Gasteiger partial charge in [-0.3, -0.25) is 0 Å². The predicted molar refractivity (Wildman–Crippen MR) is 52.1 cm³/mol. The summed E-state index contributed by atoms with van der Waals surface area (Å²) in [5.74, 6) is 0. The van der Waals surface area contributed by atoms with Crippen LogP contribution in [0.3, 0.4) is 0 Å². The van der Waals surface area contributed by atoms with E-state index in [1.54, 1.807) is 11.9 Å². The van der Waals surface area contributed by atoms with Crippen LogP contribution in [0.15, 0.2) is 33.9 Å². The van der Waals surface area contributed by atoms with Crippen LogP contribution in [0.25, 0.3) is 0 Å². The highest BCUT2D eigenvalue weighted by Crippen LogP contribution is 2.33. The Balaban J connectivity index is 2.27. The van der Waals surface area contributed by atoms with Crippen molar-refractivity contribution in [3.63, 3.8) is 0 Å². The summed E-state index contributed by atoms with van der Waals surface area (Å²) in [6.45, 7) is 4.39. The van der Waals surface area contributed by atoms with Crippen LogP contribution in [0, 0.1) is 5.41 Å². The zero-order valence-corrected chi connectivity index (χ0v) is 8.08. The summed E-state index contributed by atoms with van der Waals surface area (Å²) in [5, 5.41) is 4.57. The van der Waals surface area contributed by atoms with Gasteiger partial charge in [0.25, 0.3) is 0 Å². The lowest BCUT2D eigenvalue weighted by Gasteiger charge is -2.12. The van der Waals surface area contributed by atoms with Gasteiger partial charge in [0.05, 0.1) is 5.25 Å². The monoisotopic (exact) mass is 180 g/mol. The van der Waals surface area contributed by atoms with Gasteiger partial charge in [-0.2, -0.15) is 5.11 Å². The van der Waals surface area contributed by atoms with Gasteiger partial charge in [0.15, 0.2) is 0 Å².